The van der Waals surface area contributed by atoms with Crippen LogP contribution in [0.4, 0.5) is 5.69 Å². The Balaban J connectivity index is 1.83. The lowest BCUT2D eigenvalue weighted by Crippen LogP contribution is -2.46. The Morgan fingerprint density at radius 3 is 2.65 bits per heavy atom. The zero-order chi connectivity index (χ0) is 16.8. The van der Waals surface area contributed by atoms with E-state index in [1.54, 1.807) is 6.07 Å². The molecule has 2 amide bonds. The number of nitrogens with two attached hydrogens (primary N) is 1. The molecule has 1 aromatic carbocycles. The molecule has 0 aliphatic heterocycles. The second-order valence-electron chi connectivity index (χ2n) is 6.29. The van der Waals surface area contributed by atoms with Crippen LogP contribution >= 0.6 is 0 Å². The summed E-state index contributed by atoms with van der Waals surface area (Å²) < 4.78 is 5.74. The number of para-hydroxylation sites is 2. The van der Waals surface area contributed by atoms with Gasteiger partial charge in [0.15, 0.2) is 0 Å². The van der Waals surface area contributed by atoms with E-state index in [0.717, 1.165) is 0 Å². The third-order valence-corrected chi connectivity index (χ3v) is 3.78. The summed E-state index contributed by atoms with van der Waals surface area (Å²) >= 11 is 0. The van der Waals surface area contributed by atoms with Crippen molar-refractivity contribution in [3.63, 3.8) is 0 Å². The molecule has 6 heteroatoms. The number of hydrogen-bond acceptors (Lipinski definition) is 4. The topological polar surface area (TPSA) is 93.5 Å². The number of benzene rings is 1. The minimum Gasteiger partial charge on any atom is -0.491 e. The summed E-state index contributed by atoms with van der Waals surface area (Å²) in [5, 5.41) is 5.31. The predicted molar refractivity (Wildman–Crippen MR) is 89.1 cm³/mol. The molecule has 0 unspecified atom stereocenters. The summed E-state index contributed by atoms with van der Waals surface area (Å²) in [6.45, 7) is 4.28. The number of carbonyl (C=O) groups excluding carboxylic acids is 2. The van der Waals surface area contributed by atoms with Crippen LogP contribution in [0.15, 0.2) is 24.3 Å². The summed E-state index contributed by atoms with van der Waals surface area (Å²) in [6.07, 6.45) is 2.41. The molecular weight excluding hydrogens is 294 g/mol. The summed E-state index contributed by atoms with van der Waals surface area (Å²) in [5.41, 5.74) is 6.34. The molecule has 0 bridgehead atoms. The summed E-state index contributed by atoms with van der Waals surface area (Å²) in [6, 6.07) is 6.68. The van der Waals surface area contributed by atoms with Gasteiger partial charge in [0, 0.05) is 0 Å². The lowest BCUT2D eigenvalue weighted by Gasteiger charge is -2.16. The van der Waals surface area contributed by atoms with Gasteiger partial charge in [-0.25, -0.2) is 0 Å². The van der Waals surface area contributed by atoms with Gasteiger partial charge in [-0.2, -0.15) is 0 Å². The van der Waals surface area contributed by atoms with Crippen molar-refractivity contribution in [3.05, 3.63) is 24.3 Å². The molecule has 0 heterocycles. The number of rotatable bonds is 8. The highest BCUT2D eigenvalue weighted by Crippen LogP contribution is 2.31. The minimum absolute atomic E-state index is 0.0228. The quantitative estimate of drug-likeness (QED) is 0.677. The average molecular weight is 319 g/mol. The van der Waals surface area contributed by atoms with Crippen LogP contribution in [0.2, 0.25) is 0 Å². The molecule has 23 heavy (non-hydrogen) atoms. The molecule has 6 nitrogen and oxygen atoms in total. The van der Waals surface area contributed by atoms with Gasteiger partial charge in [0.1, 0.15) is 5.75 Å². The van der Waals surface area contributed by atoms with Crippen molar-refractivity contribution in [1.82, 2.24) is 5.32 Å². The van der Waals surface area contributed by atoms with E-state index in [0.29, 0.717) is 24.0 Å². The molecule has 1 fully saturated rings. The first-order valence-electron chi connectivity index (χ1n) is 8.02. The highest BCUT2D eigenvalue weighted by atomic mass is 16.5. The summed E-state index contributed by atoms with van der Waals surface area (Å²) in [7, 11) is 0. The fourth-order valence-corrected chi connectivity index (χ4v) is 1.97. The van der Waals surface area contributed by atoms with Gasteiger partial charge in [-0.05, 0) is 36.8 Å². The van der Waals surface area contributed by atoms with Gasteiger partial charge >= 0.3 is 0 Å². The Morgan fingerprint density at radius 1 is 1.30 bits per heavy atom. The molecule has 2 rings (SSSR count). The van der Waals surface area contributed by atoms with E-state index in [1.807, 2.05) is 32.0 Å². The van der Waals surface area contributed by atoms with Crippen molar-refractivity contribution >= 4 is 17.5 Å². The van der Waals surface area contributed by atoms with E-state index < -0.39 is 6.04 Å². The molecule has 126 valence electrons. The van der Waals surface area contributed by atoms with Crippen LogP contribution in [0, 0.1) is 11.8 Å². The lowest BCUT2D eigenvalue weighted by atomic mass is 10.1. The van der Waals surface area contributed by atoms with Crippen LogP contribution in [0.5, 0.6) is 5.75 Å². The van der Waals surface area contributed by atoms with E-state index in [2.05, 4.69) is 10.6 Å². The highest BCUT2D eigenvalue weighted by molar-refractivity contribution is 5.96. The molecule has 1 aliphatic carbocycles. The minimum atomic E-state index is -0.614. The fraction of sp³-hybridized carbons (Fsp3) is 0.529. The van der Waals surface area contributed by atoms with E-state index in [1.165, 1.54) is 12.8 Å². The third-order valence-electron chi connectivity index (χ3n) is 3.78. The predicted octanol–water partition coefficient (Wildman–Crippen LogP) is 1.51. The SMILES string of the molecule is CC(C)[C@H](N)C(=O)NCC(=O)Nc1ccccc1OCC1CC1. The maximum atomic E-state index is 12.0. The number of carbonyl (C=O) groups is 2. The normalized spacial score (nSPS) is 15.1. The first kappa shape index (κ1) is 17.3. The zero-order valence-corrected chi connectivity index (χ0v) is 13.7. The fourth-order valence-electron chi connectivity index (χ4n) is 1.97. The molecule has 0 saturated heterocycles. The van der Waals surface area contributed by atoms with Crippen LogP contribution in [-0.2, 0) is 9.59 Å². The molecule has 0 spiro atoms. The average Bonchev–Trinajstić information content (AvgIpc) is 3.35. The summed E-state index contributed by atoms with van der Waals surface area (Å²) in [5.74, 6) is 0.674. The maximum Gasteiger partial charge on any atom is 0.243 e. The third kappa shape index (κ3) is 5.56. The number of hydrogen-bond donors (Lipinski definition) is 3. The molecule has 1 atom stereocenters. The lowest BCUT2D eigenvalue weighted by molar-refractivity contribution is -0.125. The monoisotopic (exact) mass is 319 g/mol. The standard InChI is InChI=1S/C17H25N3O3/c1-11(2)16(18)17(22)19-9-15(21)20-13-5-3-4-6-14(13)23-10-12-7-8-12/h3-6,11-12,16H,7-10,18H2,1-2H3,(H,19,22)(H,20,21)/t16-/m0/s1. The number of nitrogens with one attached hydrogen (secondary N) is 2. The van der Waals surface area contributed by atoms with Gasteiger partial charge in [0.25, 0.3) is 0 Å². The van der Waals surface area contributed by atoms with Crippen LogP contribution in [0.25, 0.3) is 0 Å². The Hall–Kier alpha value is -2.08. The van der Waals surface area contributed by atoms with Gasteiger partial charge in [-0.3, -0.25) is 9.59 Å². The van der Waals surface area contributed by atoms with Crippen molar-refractivity contribution < 1.29 is 14.3 Å². The van der Waals surface area contributed by atoms with Crippen molar-refractivity contribution in [2.24, 2.45) is 17.6 Å². The van der Waals surface area contributed by atoms with Gasteiger partial charge in [0.2, 0.25) is 11.8 Å². The molecule has 1 saturated carbocycles. The Labute approximate surface area is 136 Å². The molecule has 1 aliphatic rings. The van der Waals surface area contributed by atoms with Crippen LogP contribution < -0.4 is 21.1 Å². The second kappa shape index (κ2) is 7.97. The van der Waals surface area contributed by atoms with Crippen LogP contribution in [-0.4, -0.2) is 31.0 Å². The van der Waals surface area contributed by atoms with E-state index >= 15 is 0 Å². The largest absolute Gasteiger partial charge is 0.491 e. The first-order valence-corrected chi connectivity index (χ1v) is 8.02. The first-order chi connectivity index (χ1) is 11.0. The van der Waals surface area contributed by atoms with Gasteiger partial charge in [-0.1, -0.05) is 26.0 Å². The van der Waals surface area contributed by atoms with Crippen LogP contribution in [0.3, 0.4) is 0 Å². The van der Waals surface area contributed by atoms with Gasteiger partial charge in [0.05, 0.1) is 24.9 Å². The molecule has 0 radical (unpaired) electrons. The zero-order valence-electron chi connectivity index (χ0n) is 13.7. The van der Waals surface area contributed by atoms with Crippen molar-refractivity contribution in [2.75, 3.05) is 18.5 Å². The van der Waals surface area contributed by atoms with Gasteiger partial charge < -0.3 is 21.1 Å². The number of amides is 2. The van der Waals surface area contributed by atoms with Crippen molar-refractivity contribution in [2.45, 2.75) is 32.7 Å². The maximum absolute atomic E-state index is 12.0. The molecule has 0 aromatic heterocycles. The smallest absolute Gasteiger partial charge is 0.243 e. The summed E-state index contributed by atoms with van der Waals surface area (Å²) in [4.78, 5) is 23.7. The van der Waals surface area contributed by atoms with Crippen molar-refractivity contribution in [3.8, 4) is 5.75 Å². The molecule has 4 N–H and O–H groups in total. The molecule has 1 aromatic rings. The Bertz CT molecular complexity index is 556. The highest BCUT2D eigenvalue weighted by Gasteiger charge is 2.22. The van der Waals surface area contributed by atoms with Gasteiger partial charge in [-0.15, -0.1) is 0 Å². The van der Waals surface area contributed by atoms with E-state index in [4.69, 9.17) is 10.5 Å². The second-order valence-corrected chi connectivity index (χ2v) is 6.29. The van der Waals surface area contributed by atoms with Crippen LogP contribution in [0.1, 0.15) is 26.7 Å². The molecular formula is C17H25N3O3. The number of anilines is 1. The van der Waals surface area contributed by atoms with Crippen molar-refractivity contribution in [1.29, 1.82) is 0 Å². The Kier molecular flexibility index (Phi) is 5.98. The number of ether oxygens (including phenoxy) is 1. The Morgan fingerprint density at radius 2 is 2.00 bits per heavy atom. The van der Waals surface area contributed by atoms with E-state index in [-0.39, 0.29) is 24.3 Å². The van der Waals surface area contributed by atoms with E-state index in [9.17, 15) is 9.59 Å².